The lowest BCUT2D eigenvalue weighted by molar-refractivity contribution is -0.137. The van der Waals surface area contributed by atoms with Crippen LogP contribution in [-0.2, 0) is 11.0 Å². The first-order valence-corrected chi connectivity index (χ1v) is 6.42. The van der Waals surface area contributed by atoms with Crippen LogP contribution in [0.2, 0.25) is 0 Å². The third-order valence-corrected chi connectivity index (χ3v) is 2.92. The second kappa shape index (κ2) is 8.24. The molecule has 0 aromatic heterocycles. The molecule has 0 aliphatic heterocycles. The second-order valence-corrected chi connectivity index (χ2v) is 4.93. The molecular weight excluding hydrogens is 305 g/mol. The molecule has 0 fully saturated rings. The Morgan fingerprint density at radius 1 is 1.33 bits per heavy atom. The summed E-state index contributed by atoms with van der Waals surface area (Å²) in [6.45, 7) is 3.45. The van der Waals surface area contributed by atoms with Crippen LogP contribution in [0.5, 0.6) is 0 Å². The maximum absolute atomic E-state index is 12.6. The Bertz CT molecular complexity index is 464. The molecular formula is C14H20ClF3N2O. The van der Waals surface area contributed by atoms with E-state index in [1.165, 1.54) is 6.07 Å². The normalized spacial score (nSPS) is 14.0. The summed E-state index contributed by atoms with van der Waals surface area (Å²) in [5, 5.41) is 2.67. The third-order valence-electron chi connectivity index (χ3n) is 2.92. The van der Waals surface area contributed by atoms with Gasteiger partial charge in [0.05, 0.1) is 11.6 Å². The fourth-order valence-electron chi connectivity index (χ4n) is 1.74. The highest BCUT2D eigenvalue weighted by Gasteiger charge is 2.30. The van der Waals surface area contributed by atoms with E-state index >= 15 is 0 Å². The number of hydrogen-bond acceptors (Lipinski definition) is 2. The molecule has 0 saturated heterocycles. The summed E-state index contributed by atoms with van der Waals surface area (Å²) >= 11 is 0. The van der Waals surface area contributed by atoms with E-state index in [0.29, 0.717) is 12.0 Å². The molecule has 0 saturated carbocycles. The first kappa shape index (κ1) is 19.7. The smallest absolute Gasteiger partial charge is 0.350 e. The minimum Gasteiger partial charge on any atom is -0.350 e. The highest BCUT2D eigenvalue weighted by Crippen LogP contribution is 2.30. The van der Waals surface area contributed by atoms with Gasteiger partial charge in [-0.25, -0.2) is 0 Å². The van der Waals surface area contributed by atoms with Crippen molar-refractivity contribution in [3.8, 4) is 0 Å². The van der Waals surface area contributed by atoms with Crippen molar-refractivity contribution in [1.82, 2.24) is 5.32 Å². The molecule has 3 nitrogen and oxygen atoms in total. The first-order chi connectivity index (χ1) is 9.20. The molecule has 2 atom stereocenters. The zero-order chi connectivity index (χ0) is 15.3. The molecule has 1 amide bonds. The lowest BCUT2D eigenvalue weighted by atomic mass is 10.0. The highest BCUT2D eigenvalue weighted by molar-refractivity contribution is 5.85. The van der Waals surface area contributed by atoms with E-state index < -0.39 is 17.8 Å². The largest absolute Gasteiger partial charge is 0.416 e. The van der Waals surface area contributed by atoms with E-state index in [1.807, 2.05) is 0 Å². The van der Waals surface area contributed by atoms with Crippen molar-refractivity contribution in [2.75, 3.05) is 0 Å². The average Bonchev–Trinajstić information content (AvgIpc) is 2.35. The van der Waals surface area contributed by atoms with Crippen LogP contribution >= 0.6 is 12.4 Å². The molecule has 1 rings (SSSR count). The summed E-state index contributed by atoms with van der Waals surface area (Å²) in [6.07, 6.45) is -3.57. The Morgan fingerprint density at radius 2 is 1.95 bits per heavy atom. The summed E-state index contributed by atoms with van der Waals surface area (Å²) in [5.74, 6) is -0.216. The number of carbonyl (C=O) groups is 1. The number of halogens is 4. The number of alkyl halides is 3. The monoisotopic (exact) mass is 324 g/mol. The van der Waals surface area contributed by atoms with Crippen LogP contribution in [-0.4, -0.2) is 11.9 Å². The van der Waals surface area contributed by atoms with Gasteiger partial charge in [0.1, 0.15) is 0 Å². The van der Waals surface area contributed by atoms with Crippen LogP contribution in [0.3, 0.4) is 0 Å². The van der Waals surface area contributed by atoms with Gasteiger partial charge in [-0.3, -0.25) is 4.79 Å². The molecule has 0 bridgehead atoms. The molecule has 120 valence electrons. The molecule has 1 aromatic carbocycles. The first-order valence-electron chi connectivity index (χ1n) is 6.42. The zero-order valence-electron chi connectivity index (χ0n) is 11.9. The standard InChI is InChI=1S/C14H19F3N2O.ClH/c1-9(18)6-7-13(20)19-10(2)11-4-3-5-12(8-11)14(15,16)17;/h3-5,8-10H,6-7,18H2,1-2H3,(H,19,20);1H. The Kier molecular flexibility index (Phi) is 7.74. The van der Waals surface area contributed by atoms with Gasteiger partial charge < -0.3 is 11.1 Å². The topological polar surface area (TPSA) is 55.1 Å². The fraction of sp³-hybridized carbons (Fsp3) is 0.500. The van der Waals surface area contributed by atoms with Gasteiger partial charge in [-0.2, -0.15) is 13.2 Å². The van der Waals surface area contributed by atoms with Crippen molar-refractivity contribution in [3.63, 3.8) is 0 Å². The molecule has 21 heavy (non-hydrogen) atoms. The number of nitrogens with two attached hydrogens (primary N) is 1. The lowest BCUT2D eigenvalue weighted by Crippen LogP contribution is -2.28. The molecule has 3 N–H and O–H groups in total. The van der Waals surface area contributed by atoms with Crippen molar-refractivity contribution in [3.05, 3.63) is 35.4 Å². The summed E-state index contributed by atoms with van der Waals surface area (Å²) in [6, 6.07) is 4.40. The molecule has 0 heterocycles. The Balaban J connectivity index is 0.00000400. The molecule has 0 aliphatic carbocycles. The Hall–Kier alpha value is -1.27. The van der Waals surface area contributed by atoms with Crippen molar-refractivity contribution < 1.29 is 18.0 Å². The SMILES string of the molecule is CC(N)CCC(=O)NC(C)c1cccc(C(F)(F)F)c1.Cl. The van der Waals surface area contributed by atoms with Gasteiger partial charge in [0.2, 0.25) is 5.91 Å². The maximum atomic E-state index is 12.6. The predicted molar refractivity (Wildman–Crippen MR) is 78.1 cm³/mol. The van der Waals surface area contributed by atoms with Gasteiger partial charge in [0.25, 0.3) is 0 Å². The minimum atomic E-state index is -4.38. The van der Waals surface area contributed by atoms with Crippen molar-refractivity contribution in [1.29, 1.82) is 0 Å². The predicted octanol–water partition coefficient (Wildman–Crippen LogP) is 3.43. The van der Waals surface area contributed by atoms with Crippen LogP contribution < -0.4 is 11.1 Å². The van der Waals surface area contributed by atoms with Crippen molar-refractivity contribution in [2.45, 2.75) is 44.9 Å². The summed E-state index contributed by atoms with van der Waals surface area (Å²) < 4.78 is 37.8. The summed E-state index contributed by atoms with van der Waals surface area (Å²) in [7, 11) is 0. The minimum absolute atomic E-state index is 0. The number of amides is 1. The molecule has 1 aromatic rings. The second-order valence-electron chi connectivity index (χ2n) is 4.93. The number of carbonyl (C=O) groups excluding carboxylic acids is 1. The van der Waals surface area contributed by atoms with E-state index in [0.717, 1.165) is 12.1 Å². The van der Waals surface area contributed by atoms with Crippen LogP contribution in [0, 0.1) is 0 Å². The van der Waals surface area contributed by atoms with Gasteiger partial charge in [-0.1, -0.05) is 12.1 Å². The van der Waals surface area contributed by atoms with E-state index in [9.17, 15) is 18.0 Å². The molecule has 7 heteroatoms. The average molecular weight is 325 g/mol. The van der Waals surface area contributed by atoms with Gasteiger partial charge in [0, 0.05) is 12.5 Å². The van der Waals surface area contributed by atoms with E-state index in [2.05, 4.69) is 5.32 Å². The molecule has 0 aliphatic rings. The Morgan fingerprint density at radius 3 is 2.48 bits per heavy atom. The summed E-state index contributed by atoms with van der Waals surface area (Å²) in [5.41, 5.74) is 5.25. The van der Waals surface area contributed by atoms with Crippen LogP contribution in [0.4, 0.5) is 13.2 Å². The third kappa shape index (κ3) is 6.82. The van der Waals surface area contributed by atoms with E-state index in [1.54, 1.807) is 19.9 Å². The number of nitrogens with one attached hydrogen (secondary N) is 1. The van der Waals surface area contributed by atoms with Gasteiger partial charge in [0.15, 0.2) is 0 Å². The molecule has 0 radical (unpaired) electrons. The number of rotatable bonds is 5. The zero-order valence-corrected chi connectivity index (χ0v) is 12.7. The van der Waals surface area contributed by atoms with Gasteiger partial charge in [-0.15, -0.1) is 12.4 Å². The van der Waals surface area contributed by atoms with Crippen molar-refractivity contribution >= 4 is 18.3 Å². The van der Waals surface area contributed by atoms with Crippen molar-refractivity contribution in [2.24, 2.45) is 5.73 Å². The Labute approximate surface area is 128 Å². The maximum Gasteiger partial charge on any atom is 0.416 e. The highest BCUT2D eigenvalue weighted by atomic mass is 35.5. The van der Waals surface area contributed by atoms with Gasteiger partial charge in [-0.05, 0) is 38.0 Å². The van der Waals surface area contributed by atoms with Crippen LogP contribution in [0.25, 0.3) is 0 Å². The number of benzene rings is 1. The number of hydrogen-bond donors (Lipinski definition) is 2. The molecule has 0 spiro atoms. The van der Waals surface area contributed by atoms with E-state index in [4.69, 9.17) is 5.73 Å². The molecule has 2 unspecified atom stereocenters. The lowest BCUT2D eigenvalue weighted by Gasteiger charge is -2.16. The van der Waals surface area contributed by atoms with E-state index in [-0.39, 0.29) is 30.8 Å². The van der Waals surface area contributed by atoms with Crippen LogP contribution in [0.1, 0.15) is 43.9 Å². The van der Waals surface area contributed by atoms with Gasteiger partial charge >= 0.3 is 6.18 Å². The van der Waals surface area contributed by atoms with Crippen LogP contribution in [0.15, 0.2) is 24.3 Å². The fourth-order valence-corrected chi connectivity index (χ4v) is 1.74. The summed E-state index contributed by atoms with van der Waals surface area (Å²) in [4.78, 5) is 11.6. The quantitative estimate of drug-likeness (QED) is 0.871.